The van der Waals surface area contributed by atoms with Gasteiger partial charge in [0.1, 0.15) is 5.75 Å². The first-order chi connectivity index (χ1) is 15.9. The number of ether oxygens (including phenoxy) is 1. The normalized spacial score (nSPS) is 17.8. The van der Waals surface area contributed by atoms with Crippen LogP contribution in [0.1, 0.15) is 56.8 Å². The third-order valence-corrected chi connectivity index (χ3v) is 8.73. The molecule has 1 unspecified atom stereocenters. The Morgan fingerprint density at radius 1 is 1.03 bits per heavy atom. The summed E-state index contributed by atoms with van der Waals surface area (Å²) >= 11 is 0. The van der Waals surface area contributed by atoms with E-state index in [1.807, 2.05) is 6.07 Å². The molecular formula is C27H34N2O3S. The smallest absolute Gasteiger partial charge is 0.180 e. The van der Waals surface area contributed by atoms with E-state index in [4.69, 9.17) is 4.74 Å². The highest BCUT2D eigenvalue weighted by atomic mass is 32.2. The van der Waals surface area contributed by atoms with Crippen LogP contribution in [0.5, 0.6) is 5.75 Å². The molecule has 176 valence electrons. The Balaban J connectivity index is 1.62. The highest BCUT2D eigenvalue weighted by Gasteiger charge is 2.24. The van der Waals surface area contributed by atoms with Crippen LogP contribution in [0.15, 0.2) is 65.6 Å². The number of aromatic amines is 1. The van der Waals surface area contributed by atoms with Crippen molar-refractivity contribution in [2.75, 3.05) is 13.7 Å². The number of hydrogen-bond donors (Lipinski definition) is 1. The van der Waals surface area contributed by atoms with Gasteiger partial charge in [0.05, 0.1) is 17.3 Å². The van der Waals surface area contributed by atoms with E-state index in [0.29, 0.717) is 16.7 Å². The second-order valence-corrected chi connectivity index (χ2v) is 11.6. The number of H-pyrrole nitrogens is 1. The molecule has 5 nitrogen and oxygen atoms in total. The van der Waals surface area contributed by atoms with Crippen LogP contribution in [0.3, 0.4) is 0 Å². The van der Waals surface area contributed by atoms with Gasteiger partial charge in [-0.15, -0.1) is 0 Å². The van der Waals surface area contributed by atoms with Crippen LogP contribution in [-0.2, 0) is 16.4 Å². The van der Waals surface area contributed by atoms with Crippen molar-refractivity contribution in [2.45, 2.75) is 62.3 Å². The van der Waals surface area contributed by atoms with E-state index >= 15 is 0 Å². The maximum Gasteiger partial charge on any atom is 0.180 e. The van der Waals surface area contributed by atoms with Crippen molar-refractivity contribution in [3.05, 3.63) is 71.9 Å². The van der Waals surface area contributed by atoms with Crippen LogP contribution in [0.4, 0.5) is 0 Å². The molecule has 0 bridgehead atoms. The number of nitrogens with zero attached hydrogens (tertiary/aromatic N) is 1. The lowest BCUT2D eigenvalue weighted by Gasteiger charge is -2.30. The predicted molar refractivity (Wildman–Crippen MR) is 133 cm³/mol. The van der Waals surface area contributed by atoms with Crippen LogP contribution in [0, 0.1) is 0 Å². The van der Waals surface area contributed by atoms with E-state index in [0.717, 1.165) is 30.0 Å². The van der Waals surface area contributed by atoms with Gasteiger partial charge in [0, 0.05) is 29.5 Å². The lowest BCUT2D eigenvalue weighted by molar-refractivity contribution is 0.190. The first-order valence-corrected chi connectivity index (χ1v) is 13.3. The summed E-state index contributed by atoms with van der Waals surface area (Å²) in [6, 6.07) is 20.4. The van der Waals surface area contributed by atoms with Gasteiger partial charge in [-0.2, -0.15) is 0 Å². The second kappa shape index (κ2) is 10.1. The number of sulfone groups is 1. The molecule has 3 aromatic rings. The van der Waals surface area contributed by atoms with Gasteiger partial charge >= 0.3 is 0 Å². The lowest BCUT2D eigenvalue weighted by atomic mass is 10.0. The molecule has 1 aliphatic rings. The zero-order valence-corrected chi connectivity index (χ0v) is 20.6. The molecule has 1 atom stereocenters. The Hall–Kier alpha value is -2.57. The Morgan fingerprint density at radius 2 is 1.82 bits per heavy atom. The third kappa shape index (κ3) is 5.17. The second-order valence-electron chi connectivity index (χ2n) is 9.10. The molecule has 0 saturated carbocycles. The Kier molecular flexibility index (Phi) is 7.25. The first kappa shape index (κ1) is 23.6. The molecule has 2 aromatic carbocycles. The first-order valence-electron chi connectivity index (χ1n) is 11.8. The van der Waals surface area contributed by atoms with Crippen molar-refractivity contribution in [3.63, 3.8) is 0 Å². The summed E-state index contributed by atoms with van der Waals surface area (Å²) in [5, 5.41) is -0.476. The van der Waals surface area contributed by atoms with Crippen LogP contribution in [0.25, 0.3) is 11.3 Å². The Morgan fingerprint density at radius 3 is 2.55 bits per heavy atom. The minimum absolute atomic E-state index is 0.320. The van der Waals surface area contributed by atoms with Gasteiger partial charge in [0.25, 0.3) is 0 Å². The van der Waals surface area contributed by atoms with Crippen LogP contribution in [-0.4, -0.2) is 37.2 Å². The van der Waals surface area contributed by atoms with Crippen molar-refractivity contribution in [1.82, 2.24) is 9.88 Å². The molecule has 0 amide bonds. The summed E-state index contributed by atoms with van der Waals surface area (Å²) in [4.78, 5) is 6.42. The van der Waals surface area contributed by atoms with Crippen molar-refractivity contribution in [3.8, 4) is 17.0 Å². The minimum atomic E-state index is -3.37. The van der Waals surface area contributed by atoms with Gasteiger partial charge in [-0.1, -0.05) is 43.2 Å². The SMILES string of the molecule is COc1ccc(S(=O)(=O)C(C)C)cc1-c1ccc(CN2CCCCCC2c2ccccc2)[nH]1. The van der Waals surface area contributed by atoms with Crippen molar-refractivity contribution >= 4 is 9.84 Å². The average Bonchev–Trinajstić information content (AvgIpc) is 3.16. The standard InChI is InChI=1S/C27H34N2O3S/c1-20(2)33(30,31)23-14-16-27(32-3)24(18-23)25-15-13-22(28-25)19-29-17-9-5-8-12-26(29)21-10-6-4-7-11-21/h4,6-7,10-11,13-16,18,20,26,28H,5,8-9,12,17,19H2,1-3H3. The molecule has 1 N–H and O–H groups in total. The maximum atomic E-state index is 12.7. The largest absolute Gasteiger partial charge is 0.496 e. The van der Waals surface area contributed by atoms with Gasteiger partial charge in [0.15, 0.2) is 9.84 Å². The van der Waals surface area contributed by atoms with E-state index < -0.39 is 15.1 Å². The quantitative estimate of drug-likeness (QED) is 0.465. The maximum absolute atomic E-state index is 12.7. The molecule has 0 radical (unpaired) electrons. The summed E-state index contributed by atoms with van der Waals surface area (Å²) in [7, 11) is -1.76. The van der Waals surface area contributed by atoms with Gasteiger partial charge in [-0.05, 0) is 69.1 Å². The minimum Gasteiger partial charge on any atom is -0.496 e. The molecule has 1 saturated heterocycles. The summed E-state index contributed by atoms with van der Waals surface area (Å²) in [6.45, 7) is 5.30. The van der Waals surface area contributed by atoms with Gasteiger partial charge in [-0.3, -0.25) is 4.90 Å². The molecule has 33 heavy (non-hydrogen) atoms. The van der Waals surface area contributed by atoms with Crippen molar-refractivity contribution < 1.29 is 13.2 Å². The molecule has 4 rings (SSSR count). The fourth-order valence-electron chi connectivity index (χ4n) is 4.66. The van der Waals surface area contributed by atoms with Crippen LogP contribution < -0.4 is 4.74 Å². The molecule has 2 heterocycles. The number of hydrogen-bond acceptors (Lipinski definition) is 4. The molecule has 1 aliphatic heterocycles. The number of nitrogens with one attached hydrogen (secondary N) is 1. The molecular weight excluding hydrogens is 432 g/mol. The number of methoxy groups -OCH3 is 1. The van der Waals surface area contributed by atoms with Gasteiger partial charge in [0.2, 0.25) is 0 Å². The fraction of sp³-hybridized carbons (Fsp3) is 0.407. The van der Waals surface area contributed by atoms with Crippen molar-refractivity contribution in [1.29, 1.82) is 0 Å². The highest BCUT2D eigenvalue weighted by molar-refractivity contribution is 7.92. The number of rotatable bonds is 7. The van der Waals surface area contributed by atoms with Gasteiger partial charge in [-0.25, -0.2) is 8.42 Å². The molecule has 0 aliphatic carbocycles. The highest BCUT2D eigenvalue weighted by Crippen LogP contribution is 2.34. The topological polar surface area (TPSA) is 62.4 Å². The van der Waals surface area contributed by atoms with Crippen LogP contribution in [0.2, 0.25) is 0 Å². The Labute approximate surface area is 197 Å². The zero-order valence-electron chi connectivity index (χ0n) is 19.8. The number of benzene rings is 2. The summed E-state index contributed by atoms with van der Waals surface area (Å²) < 4.78 is 31.0. The van der Waals surface area contributed by atoms with E-state index in [-0.39, 0.29) is 0 Å². The predicted octanol–water partition coefficient (Wildman–Crippen LogP) is 5.99. The summed E-state index contributed by atoms with van der Waals surface area (Å²) in [5.41, 5.74) is 4.13. The van der Waals surface area contributed by atoms with E-state index in [1.54, 1.807) is 39.2 Å². The average molecular weight is 467 g/mol. The Bertz CT molecular complexity index is 1170. The fourth-order valence-corrected chi connectivity index (χ4v) is 5.75. The van der Waals surface area contributed by atoms with Crippen molar-refractivity contribution in [2.24, 2.45) is 0 Å². The molecule has 1 aromatic heterocycles. The summed E-state index contributed by atoms with van der Waals surface area (Å²) in [5.74, 6) is 0.656. The van der Waals surface area contributed by atoms with E-state index in [2.05, 4.69) is 46.3 Å². The van der Waals surface area contributed by atoms with Crippen LogP contribution >= 0.6 is 0 Å². The summed E-state index contributed by atoms with van der Waals surface area (Å²) in [6.07, 6.45) is 4.89. The zero-order chi connectivity index (χ0) is 23.4. The van der Waals surface area contributed by atoms with Gasteiger partial charge < -0.3 is 9.72 Å². The molecule has 1 fully saturated rings. The third-order valence-electron chi connectivity index (χ3n) is 6.58. The van der Waals surface area contributed by atoms with E-state index in [1.165, 1.54) is 31.2 Å². The molecule has 6 heteroatoms. The monoisotopic (exact) mass is 466 g/mol. The lowest BCUT2D eigenvalue weighted by Crippen LogP contribution is -2.28. The number of aromatic nitrogens is 1. The number of likely N-dealkylation sites (tertiary alicyclic amines) is 1. The molecule has 0 spiro atoms. The van der Waals surface area contributed by atoms with E-state index in [9.17, 15) is 8.42 Å².